The van der Waals surface area contributed by atoms with Gasteiger partial charge in [-0.3, -0.25) is 9.71 Å². The Morgan fingerprint density at radius 3 is 2.30 bits per heavy atom. The predicted octanol–water partition coefficient (Wildman–Crippen LogP) is 5.34. The third-order valence-corrected chi connectivity index (χ3v) is 8.31. The summed E-state index contributed by atoms with van der Waals surface area (Å²) in [5.74, 6) is 1.44. The summed E-state index contributed by atoms with van der Waals surface area (Å²) in [6, 6.07) is 9.61. The number of nitrogens with zero attached hydrogens (tertiary/aromatic N) is 5. The number of fused-ring (bicyclic) bond motifs is 1. The molecule has 3 heterocycles. The molecular weight excluding hydrogens is 575 g/mol. The zero-order valence-corrected chi connectivity index (χ0v) is 24.7. The van der Waals surface area contributed by atoms with Gasteiger partial charge in [0.25, 0.3) is 10.0 Å². The van der Waals surface area contributed by atoms with Gasteiger partial charge in [0, 0.05) is 54.1 Å². The second-order valence-electron chi connectivity index (χ2n) is 10.6. The van der Waals surface area contributed by atoms with Crippen molar-refractivity contribution in [1.29, 1.82) is 0 Å². The van der Waals surface area contributed by atoms with Crippen LogP contribution >= 0.6 is 23.2 Å². The number of halogens is 2. The quantitative estimate of drug-likeness (QED) is 0.416. The molecule has 0 radical (unpaired) electrons. The summed E-state index contributed by atoms with van der Waals surface area (Å²) < 4.78 is 33.9. The lowest BCUT2D eigenvalue weighted by Gasteiger charge is -2.36. The first-order valence-corrected chi connectivity index (χ1v) is 15.1. The summed E-state index contributed by atoms with van der Waals surface area (Å²) >= 11 is 12.0. The van der Waals surface area contributed by atoms with E-state index >= 15 is 0 Å². The molecule has 0 unspecified atom stereocenters. The molecule has 1 N–H and O–H groups in total. The van der Waals surface area contributed by atoms with Crippen LogP contribution in [0.3, 0.4) is 0 Å². The Morgan fingerprint density at radius 1 is 0.950 bits per heavy atom. The maximum absolute atomic E-state index is 12.9. The minimum absolute atomic E-state index is 0.00820. The van der Waals surface area contributed by atoms with E-state index in [9.17, 15) is 13.2 Å². The van der Waals surface area contributed by atoms with Gasteiger partial charge >= 0.3 is 6.09 Å². The number of benzene rings is 2. The van der Waals surface area contributed by atoms with Gasteiger partial charge in [0.2, 0.25) is 0 Å². The Balaban J connectivity index is 1.27. The van der Waals surface area contributed by atoms with E-state index in [0.717, 1.165) is 17.1 Å². The van der Waals surface area contributed by atoms with E-state index in [-0.39, 0.29) is 21.0 Å². The molecule has 40 heavy (non-hydrogen) atoms. The van der Waals surface area contributed by atoms with Crippen molar-refractivity contribution < 1.29 is 17.9 Å². The number of hydrogen-bond acceptors (Lipinski definition) is 8. The van der Waals surface area contributed by atoms with Crippen LogP contribution in [0.5, 0.6) is 0 Å². The van der Waals surface area contributed by atoms with E-state index in [0.29, 0.717) is 50.6 Å². The zero-order chi connectivity index (χ0) is 28.7. The standard InChI is InChI=1S/C27H30Cl2N6O4S/c1-27(2,3)39-26(36)34-10-8-33(9-11-34)24-16-30-17-25(31-24)35-7-6-18-12-21(4-5-23(18)35)32-40(37,38)22-14-19(28)13-20(29)15-22/h4-5,12-17,32H,6-11H2,1-3H3. The van der Waals surface area contributed by atoms with Gasteiger partial charge in [-0.15, -0.1) is 0 Å². The molecule has 2 aromatic carbocycles. The third-order valence-electron chi connectivity index (χ3n) is 6.51. The van der Waals surface area contributed by atoms with Gasteiger partial charge in [0.15, 0.2) is 5.82 Å². The van der Waals surface area contributed by atoms with Gasteiger partial charge in [0.1, 0.15) is 11.4 Å². The van der Waals surface area contributed by atoms with Crippen LogP contribution in [0.1, 0.15) is 26.3 Å². The van der Waals surface area contributed by atoms with Gasteiger partial charge in [0.05, 0.1) is 17.3 Å². The Bertz CT molecular complexity index is 1520. The fourth-order valence-corrected chi connectivity index (χ4v) is 6.45. The maximum Gasteiger partial charge on any atom is 0.410 e. The lowest BCUT2D eigenvalue weighted by atomic mass is 10.1. The largest absolute Gasteiger partial charge is 0.444 e. The average molecular weight is 606 g/mol. The highest BCUT2D eigenvalue weighted by molar-refractivity contribution is 7.92. The van der Waals surface area contributed by atoms with Crippen LogP contribution < -0.4 is 14.5 Å². The van der Waals surface area contributed by atoms with E-state index in [1.54, 1.807) is 23.4 Å². The van der Waals surface area contributed by atoms with Gasteiger partial charge in [-0.25, -0.2) is 18.2 Å². The number of rotatable bonds is 5. The second-order valence-corrected chi connectivity index (χ2v) is 13.2. The Hall–Kier alpha value is -3.28. The molecule has 1 aromatic heterocycles. The van der Waals surface area contributed by atoms with Crippen molar-refractivity contribution in [3.8, 4) is 0 Å². The lowest BCUT2D eigenvalue weighted by Crippen LogP contribution is -2.50. The Kier molecular flexibility index (Phi) is 7.73. The summed E-state index contributed by atoms with van der Waals surface area (Å²) in [4.78, 5) is 27.6. The number of piperazine rings is 1. The van der Waals surface area contributed by atoms with Gasteiger partial charge in [-0.05, 0) is 69.2 Å². The molecule has 10 nitrogen and oxygen atoms in total. The fourth-order valence-electron chi connectivity index (χ4n) is 4.67. The number of nitrogens with one attached hydrogen (secondary N) is 1. The maximum atomic E-state index is 12.9. The number of hydrogen-bond donors (Lipinski definition) is 1. The van der Waals surface area contributed by atoms with E-state index in [4.69, 9.17) is 32.9 Å². The summed E-state index contributed by atoms with van der Waals surface area (Å²) in [6.45, 7) is 8.56. The van der Waals surface area contributed by atoms with Crippen LogP contribution in [0.2, 0.25) is 10.0 Å². The molecule has 1 saturated heterocycles. The Labute approximate surface area is 243 Å². The number of carbonyl (C=O) groups excluding carboxylic acids is 1. The highest BCUT2D eigenvalue weighted by atomic mass is 35.5. The van der Waals surface area contributed by atoms with Crippen molar-refractivity contribution in [1.82, 2.24) is 14.9 Å². The van der Waals surface area contributed by atoms with Crippen molar-refractivity contribution >= 4 is 62.3 Å². The summed E-state index contributed by atoms with van der Waals surface area (Å²) in [5, 5.41) is 0.483. The number of carbonyl (C=O) groups is 1. The fraction of sp³-hybridized carbons (Fsp3) is 0.370. The van der Waals surface area contributed by atoms with E-state index in [1.807, 2.05) is 32.9 Å². The van der Waals surface area contributed by atoms with Crippen molar-refractivity contribution in [3.63, 3.8) is 0 Å². The van der Waals surface area contributed by atoms with Crippen molar-refractivity contribution in [3.05, 3.63) is 64.4 Å². The second kappa shape index (κ2) is 10.9. The number of ether oxygens (including phenoxy) is 1. The molecular formula is C27H30Cl2N6O4S. The molecule has 0 spiro atoms. The van der Waals surface area contributed by atoms with E-state index in [1.165, 1.54) is 18.2 Å². The molecule has 2 aliphatic rings. The van der Waals surface area contributed by atoms with Crippen LogP contribution in [0, 0.1) is 0 Å². The molecule has 0 aliphatic carbocycles. The van der Waals surface area contributed by atoms with Crippen molar-refractivity contribution in [2.45, 2.75) is 37.7 Å². The predicted molar refractivity (Wildman–Crippen MR) is 156 cm³/mol. The van der Waals surface area contributed by atoms with Crippen LogP contribution in [-0.2, 0) is 21.2 Å². The smallest absolute Gasteiger partial charge is 0.410 e. The highest BCUT2D eigenvalue weighted by Gasteiger charge is 2.28. The first-order chi connectivity index (χ1) is 18.9. The molecule has 212 valence electrons. The first-order valence-electron chi connectivity index (χ1n) is 12.8. The SMILES string of the molecule is CC(C)(C)OC(=O)N1CCN(c2cncc(N3CCc4cc(NS(=O)(=O)c5cc(Cl)cc(Cl)c5)ccc43)n2)CC1. The van der Waals surface area contributed by atoms with Crippen molar-refractivity contribution in [2.75, 3.05) is 47.2 Å². The van der Waals surface area contributed by atoms with Crippen LogP contribution in [-0.4, -0.2) is 67.7 Å². The topological polar surface area (TPSA) is 108 Å². The highest BCUT2D eigenvalue weighted by Crippen LogP contribution is 2.36. The summed E-state index contributed by atoms with van der Waals surface area (Å²) in [5.41, 5.74) is 1.84. The number of anilines is 4. The molecule has 0 saturated carbocycles. The molecule has 0 bridgehead atoms. The minimum Gasteiger partial charge on any atom is -0.444 e. The molecule has 13 heteroatoms. The van der Waals surface area contributed by atoms with E-state index < -0.39 is 15.6 Å². The lowest BCUT2D eigenvalue weighted by molar-refractivity contribution is 0.0240. The Morgan fingerprint density at radius 2 is 1.62 bits per heavy atom. The van der Waals surface area contributed by atoms with Crippen LogP contribution in [0.25, 0.3) is 0 Å². The van der Waals surface area contributed by atoms with Crippen LogP contribution in [0.15, 0.2) is 53.7 Å². The summed E-state index contributed by atoms with van der Waals surface area (Å²) in [7, 11) is -3.87. The average Bonchev–Trinajstić information content (AvgIpc) is 3.30. The molecule has 2 aliphatic heterocycles. The normalized spacial score (nSPS) is 15.7. The number of aromatic nitrogens is 2. The monoisotopic (exact) mass is 604 g/mol. The molecule has 0 atom stereocenters. The number of amides is 1. The molecule has 1 amide bonds. The van der Waals surface area contributed by atoms with Gasteiger partial charge in [-0.2, -0.15) is 0 Å². The molecule has 3 aromatic rings. The van der Waals surface area contributed by atoms with Crippen molar-refractivity contribution in [2.24, 2.45) is 0 Å². The van der Waals surface area contributed by atoms with Gasteiger partial charge in [-0.1, -0.05) is 23.2 Å². The van der Waals surface area contributed by atoms with E-state index in [2.05, 4.69) is 19.5 Å². The zero-order valence-electron chi connectivity index (χ0n) is 22.4. The minimum atomic E-state index is -3.87. The van der Waals surface area contributed by atoms with Crippen LogP contribution in [0.4, 0.5) is 27.8 Å². The molecule has 1 fully saturated rings. The molecule has 5 rings (SSSR count). The summed E-state index contributed by atoms with van der Waals surface area (Å²) in [6.07, 6.45) is 3.85. The van der Waals surface area contributed by atoms with Gasteiger partial charge < -0.3 is 19.4 Å². The third kappa shape index (κ3) is 6.37. The number of sulfonamides is 1. The first kappa shape index (κ1) is 28.3.